The number of nitrogens with one attached hydrogen (secondary N) is 3. The largest absolute Gasteiger partial charge is 0.345 e. The summed E-state index contributed by atoms with van der Waals surface area (Å²) in [5.74, 6) is 0.853. The van der Waals surface area contributed by atoms with Gasteiger partial charge in [-0.15, -0.1) is 5.10 Å². The molecular formula is C12H21N5O. The van der Waals surface area contributed by atoms with Crippen molar-refractivity contribution >= 4 is 5.91 Å². The van der Waals surface area contributed by atoms with Crippen LogP contribution in [0, 0.1) is 0 Å². The van der Waals surface area contributed by atoms with E-state index in [-0.39, 0.29) is 17.8 Å². The third kappa shape index (κ3) is 3.53. The first kappa shape index (κ1) is 13.0. The molecule has 2 heterocycles. The smallest absolute Gasteiger partial charge is 0.291 e. The molecular weight excluding hydrogens is 230 g/mol. The standard InChI is InChI=1S/C12H21N5O/c1-2-5-10-15-11(17-16-10)12(18)14-9-6-3-4-7-13-8-9/h9,13H,2-8H2,1H3,(H,14,18)(H,15,16,17). The molecule has 1 saturated heterocycles. The first-order chi connectivity index (χ1) is 8.79. The Balaban J connectivity index is 1.89. The molecule has 1 aromatic heterocycles. The molecule has 0 bridgehead atoms. The Morgan fingerprint density at radius 2 is 2.39 bits per heavy atom. The molecule has 1 aliphatic heterocycles. The highest BCUT2D eigenvalue weighted by Crippen LogP contribution is 2.05. The molecule has 3 N–H and O–H groups in total. The molecule has 1 fully saturated rings. The average Bonchev–Trinajstić information content (AvgIpc) is 2.67. The second-order valence-electron chi connectivity index (χ2n) is 4.73. The van der Waals surface area contributed by atoms with Crippen molar-refractivity contribution < 1.29 is 4.79 Å². The van der Waals surface area contributed by atoms with E-state index in [0.717, 1.165) is 44.6 Å². The molecule has 0 aliphatic carbocycles. The minimum Gasteiger partial charge on any atom is -0.345 e. The van der Waals surface area contributed by atoms with Crippen LogP contribution in [0.5, 0.6) is 0 Å². The minimum atomic E-state index is -0.178. The molecule has 100 valence electrons. The van der Waals surface area contributed by atoms with Crippen molar-refractivity contribution in [2.75, 3.05) is 13.1 Å². The second kappa shape index (κ2) is 6.49. The van der Waals surface area contributed by atoms with Crippen molar-refractivity contribution in [2.45, 2.75) is 45.1 Å². The van der Waals surface area contributed by atoms with E-state index in [2.05, 4.69) is 32.7 Å². The normalized spacial score (nSPS) is 20.4. The lowest BCUT2D eigenvalue weighted by atomic mass is 10.1. The van der Waals surface area contributed by atoms with Gasteiger partial charge in [-0.25, -0.2) is 4.98 Å². The van der Waals surface area contributed by atoms with E-state index in [1.807, 2.05) is 0 Å². The van der Waals surface area contributed by atoms with E-state index in [1.165, 1.54) is 6.42 Å². The number of H-pyrrole nitrogens is 1. The van der Waals surface area contributed by atoms with E-state index in [1.54, 1.807) is 0 Å². The van der Waals surface area contributed by atoms with Crippen LogP contribution in [0.1, 0.15) is 49.1 Å². The Morgan fingerprint density at radius 3 is 3.22 bits per heavy atom. The van der Waals surface area contributed by atoms with E-state index in [4.69, 9.17) is 0 Å². The van der Waals surface area contributed by atoms with Gasteiger partial charge in [-0.05, 0) is 25.8 Å². The number of amides is 1. The topological polar surface area (TPSA) is 82.7 Å². The molecule has 0 aromatic carbocycles. The predicted molar refractivity (Wildman–Crippen MR) is 68.4 cm³/mol. The van der Waals surface area contributed by atoms with Crippen LogP contribution in [0.15, 0.2) is 0 Å². The third-order valence-corrected chi connectivity index (χ3v) is 3.10. The zero-order chi connectivity index (χ0) is 12.8. The molecule has 1 aliphatic rings. The second-order valence-corrected chi connectivity index (χ2v) is 4.73. The number of rotatable bonds is 4. The number of carbonyl (C=O) groups is 1. The number of hydrogen-bond donors (Lipinski definition) is 3. The van der Waals surface area contributed by atoms with Crippen LogP contribution < -0.4 is 10.6 Å². The molecule has 0 spiro atoms. The summed E-state index contributed by atoms with van der Waals surface area (Å²) < 4.78 is 0. The number of nitrogens with zero attached hydrogens (tertiary/aromatic N) is 2. The number of hydrogen-bond acceptors (Lipinski definition) is 4. The van der Waals surface area contributed by atoms with Gasteiger partial charge in [0.1, 0.15) is 5.82 Å². The molecule has 6 nitrogen and oxygen atoms in total. The SMILES string of the molecule is CCCc1nc(C(=O)NC2CCCCNC2)n[nH]1. The van der Waals surface area contributed by atoms with Crippen LogP contribution >= 0.6 is 0 Å². The number of aryl methyl sites for hydroxylation is 1. The van der Waals surface area contributed by atoms with Crippen molar-refractivity contribution in [1.29, 1.82) is 0 Å². The third-order valence-electron chi connectivity index (χ3n) is 3.10. The highest BCUT2D eigenvalue weighted by Gasteiger charge is 2.18. The van der Waals surface area contributed by atoms with Crippen LogP contribution in [-0.4, -0.2) is 40.2 Å². The van der Waals surface area contributed by atoms with Crippen LogP contribution in [0.3, 0.4) is 0 Å². The zero-order valence-corrected chi connectivity index (χ0v) is 10.8. The van der Waals surface area contributed by atoms with Gasteiger partial charge < -0.3 is 10.6 Å². The Bertz CT molecular complexity index is 382. The fourth-order valence-corrected chi connectivity index (χ4v) is 2.14. The summed E-state index contributed by atoms with van der Waals surface area (Å²) in [7, 11) is 0. The highest BCUT2D eigenvalue weighted by molar-refractivity contribution is 5.90. The van der Waals surface area contributed by atoms with Crippen molar-refractivity contribution in [2.24, 2.45) is 0 Å². The maximum Gasteiger partial charge on any atom is 0.291 e. The summed E-state index contributed by atoms with van der Waals surface area (Å²) in [6.07, 6.45) is 5.15. The lowest BCUT2D eigenvalue weighted by Crippen LogP contribution is -2.41. The molecule has 1 amide bonds. The molecule has 1 atom stereocenters. The number of aromatic amines is 1. The zero-order valence-electron chi connectivity index (χ0n) is 10.8. The molecule has 0 radical (unpaired) electrons. The summed E-state index contributed by atoms with van der Waals surface area (Å²) >= 11 is 0. The van der Waals surface area contributed by atoms with Gasteiger partial charge in [-0.1, -0.05) is 13.3 Å². The highest BCUT2D eigenvalue weighted by atomic mass is 16.2. The molecule has 1 unspecified atom stereocenters. The van der Waals surface area contributed by atoms with E-state index in [0.29, 0.717) is 0 Å². The lowest BCUT2D eigenvalue weighted by molar-refractivity contribution is 0.0925. The summed E-state index contributed by atoms with van der Waals surface area (Å²) in [5.41, 5.74) is 0. The first-order valence-electron chi connectivity index (χ1n) is 6.72. The fourth-order valence-electron chi connectivity index (χ4n) is 2.14. The Kier molecular flexibility index (Phi) is 4.69. The maximum atomic E-state index is 12.0. The fraction of sp³-hybridized carbons (Fsp3) is 0.750. The molecule has 6 heteroatoms. The lowest BCUT2D eigenvalue weighted by Gasteiger charge is -2.14. The van der Waals surface area contributed by atoms with Gasteiger partial charge in [0, 0.05) is 19.0 Å². The van der Waals surface area contributed by atoms with Crippen molar-refractivity contribution in [3.8, 4) is 0 Å². The Hall–Kier alpha value is -1.43. The van der Waals surface area contributed by atoms with Gasteiger partial charge in [-0.3, -0.25) is 9.89 Å². The van der Waals surface area contributed by atoms with Gasteiger partial charge in [-0.2, -0.15) is 0 Å². The van der Waals surface area contributed by atoms with E-state index in [9.17, 15) is 4.79 Å². The van der Waals surface area contributed by atoms with Crippen molar-refractivity contribution in [1.82, 2.24) is 25.8 Å². The van der Waals surface area contributed by atoms with E-state index >= 15 is 0 Å². The van der Waals surface area contributed by atoms with Crippen LogP contribution in [0.2, 0.25) is 0 Å². The Morgan fingerprint density at radius 1 is 1.50 bits per heavy atom. The number of aromatic nitrogens is 3. The summed E-state index contributed by atoms with van der Waals surface area (Å²) in [6.45, 7) is 3.94. The molecule has 18 heavy (non-hydrogen) atoms. The predicted octanol–water partition coefficient (Wildman–Crippen LogP) is 0.629. The summed E-state index contributed by atoms with van der Waals surface area (Å²) in [6, 6.07) is 0.188. The van der Waals surface area contributed by atoms with Gasteiger partial charge in [0.05, 0.1) is 0 Å². The monoisotopic (exact) mass is 251 g/mol. The summed E-state index contributed by atoms with van der Waals surface area (Å²) in [4.78, 5) is 16.1. The average molecular weight is 251 g/mol. The van der Waals surface area contributed by atoms with Gasteiger partial charge in [0.15, 0.2) is 0 Å². The van der Waals surface area contributed by atoms with Crippen molar-refractivity contribution in [3.05, 3.63) is 11.6 Å². The minimum absolute atomic E-state index is 0.178. The molecule has 2 rings (SSSR count). The Labute approximate surface area is 107 Å². The van der Waals surface area contributed by atoms with Gasteiger partial charge in [0.25, 0.3) is 5.91 Å². The first-order valence-corrected chi connectivity index (χ1v) is 6.72. The van der Waals surface area contributed by atoms with Gasteiger partial charge >= 0.3 is 0 Å². The van der Waals surface area contributed by atoms with E-state index < -0.39 is 0 Å². The van der Waals surface area contributed by atoms with Crippen LogP contribution in [-0.2, 0) is 6.42 Å². The van der Waals surface area contributed by atoms with Crippen molar-refractivity contribution in [3.63, 3.8) is 0 Å². The quantitative estimate of drug-likeness (QED) is 0.733. The van der Waals surface area contributed by atoms with Crippen LogP contribution in [0.4, 0.5) is 0 Å². The molecule has 1 aromatic rings. The van der Waals surface area contributed by atoms with Gasteiger partial charge in [0.2, 0.25) is 5.82 Å². The number of carbonyl (C=O) groups excluding carboxylic acids is 1. The van der Waals surface area contributed by atoms with Crippen LogP contribution in [0.25, 0.3) is 0 Å². The summed E-state index contributed by atoms with van der Waals surface area (Å²) in [5, 5.41) is 13.1. The molecule has 0 saturated carbocycles. The maximum absolute atomic E-state index is 12.0.